The van der Waals surface area contributed by atoms with Crippen LogP contribution in [0.3, 0.4) is 0 Å². The molecule has 0 aliphatic carbocycles. The third-order valence-electron chi connectivity index (χ3n) is 1.40. The molecule has 0 unspecified atom stereocenters. The fraction of sp³-hybridized carbons (Fsp3) is 0.286. The third-order valence-corrected chi connectivity index (χ3v) is 1.53. The molecule has 0 bridgehead atoms. The Balaban J connectivity index is 2.63. The Labute approximate surface area is 80.5 Å². The molecule has 2 N–H and O–H groups in total. The maximum absolute atomic E-state index is 11.4. The van der Waals surface area contributed by atoms with E-state index in [1.807, 2.05) is 0 Å². The Morgan fingerprint density at radius 1 is 1.85 bits per heavy atom. The molecule has 0 saturated carbocycles. The lowest BCUT2D eigenvalue weighted by Crippen LogP contribution is -2.34. The SMILES string of the molecule is CN(CC(N)=S)C(=O)c1ccon1. The van der Waals surface area contributed by atoms with Crippen LogP contribution < -0.4 is 5.73 Å². The van der Waals surface area contributed by atoms with Crippen molar-refractivity contribution >= 4 is 23.1 Å². The van der Waals surface area contributed by atoms with Crippen molar-refractivity contribution in [3.8, 4) is 0 Å². The van der Waals surface area contributed by atoms with Gasteiger partial charge in [0.05, 0.1) is 11.5 Å². The molecule has 13 heavy (non-hydrogen) atoms. The Kier molecular flexibility index (Phi) is 2.97. The fourth-order valence-corrected chi connectivity index (χ4v) is 1.02. The van der Waals surface area contributed by atoms with Crippen molar-refractivity contribution in [3.63, 3.8) is 0 Å². The van der Waals surface area contributed by atoms with Crippen LogP contribution in [-0.4, -0.2) is 34.5 Å². The zero-order chi connectivity index (χ0) is 9.84. The summed E-state index contributed by atoms with van der Waals surface area (Å²) in [4.78, 5) is 13.1. The van der Waals surface area contributed by atoms with Gasteiger partial charge in [0.2, 0.25) is 0 Å². The molecule has 0 spiro atoms. The van der Waals surface area contributed by atoms with Crippen LogP contribution in [0.15, 0.2) is 16.9 Å². The number of amides is 1. The van der Waals surface area contributed by atoms with Crippen molar-refractivity contribution in [1.29, 1.82) is 0 Å². The summed E-state index contributed by atoms with van der Waals surface area (Å²) in [7, 11) is 1.59. The van der Waals surface area contributed by atoms with Gasteiger partial charge in [0.25, 0.3) is 5.91 Å². The van der Waals surface area contributed by atoms with E-state index in [1.54, 1.807) is 7.05 Å². The minimum absolute atomic E-state index is 0.237. The number of hydrogen-bond donors (Lipinski definition) is 1. The lowest BCUT2D eigenvalue weighted by atomic mass is 10.4. The van der Waals surface area contributed by atoms with Crippen molar-refractivity contribution in [1.82, 2.24) is 10.1 Å². The van der Waals surface area contributed by atoms with Gasteiger partial charge in [0.1, 0.15) is 6.26 Å². The molecule has 70 valence electrons. The highest BCUT2D eigenvalue weighted by Crippen LogP contribution is 1.99. The number of rotatable bonds is 3. The summed E-state index contributed by atoms with van der Waals surface area (Å²) < 4.78 is 4.53. The van der Waals surface area contributed by atoms with Crippen molar-refractivity contribution in [2.24, 2.45) is 5.73 Å². The smallest absolute Gasteiger partial charge is 0.276 e. The Hall–Kier alpha value is -1.43. The molecular formula is C7H9N3O2S. The summed E-state index contributed by atoms with van der Waals surface area (Å²) in [5.41, 5.74) is 5.53. The quantitative estimate of drug-likeness (QED) is 0.695. The molecule has 0 atom stereocenters. The van der Waals surface area contributed by atoms with E-state index in [0.717, 1.165) is 0 Å². The monoisotopic (exact) mass is 199 g/mol. The lowest BCUT2D eigenvalue weighted by molar-refractivity contribution is 0.0805. The summed E-state index contributed by atoms with van der Waals surface area (Å²) in [6.07, 6.45) is 1.34. The molecular weight excluding hydrogens is 190 g/mol. The first-order valence-corrected chi connectivity index (χ1v) is 3.96. The number of hydrogen-bond acceptors (Lipinski definition) is 4. The van der Waals surface area contributed by atoms with Gasteiger partial charge in [-0.3, -0.25) is 4.79 Å². The second-order valence-electron chi connectivity index (χ2n) is 2.51. The number of nitrogens with zero attached hydrogens (tertiary/aromatic N) is 2. The van der Waals surface area contributed by atoms with Gasteiger partial charge < -0.3 is 15.2 Å². The van der Waals surface area contributed by atoms with Gasteiger partial charge >= 0.3 is 0 Å². The summed E-state index contributed by atoms with van der Waals surface area (Å²) in [6.45, 7) is 0.237. The average molecular weight is 199 g/mol. The number of likely N-dealkylation sites (N-methyl/N-ethyl adjacent to an activating group) is 1. The Bertz CT molecular complexity index is 310. The molecule has 0 saturated heterocycles. The van der Waals surface area contributed by atoms with Crippen LogP contribution >= 0.6 is 12.2 Å². The summed E-state index contributed by atoms with van der Waals surface area (Å²) in [6, 6.07) is 1.48. The van der Waals surface area contributed by atoms with Gasteiger partial charge in [-0.2, -0.15) is 0 Å². The third kappa shape index (κ3) is 2.51. The largest absolute Gasteiger partial charge is 0.392 e. The van der Waals surface area contributed by atoms with E-state index in [9.17, 15) is 4.79 Å². The van der Waals surface area contributed by atoms with Gasteiger partial charge in [0, 0.05) is 13.1 Å². The highest BCUT2D eigenvalue weighted by molar-refractivity contribution is 7.80. The van der Waals surface area contributed by atoms with E-state index in [2.05, 4.69) is 21.9 Å². The van der Waals surface area contributed by atoms with Gasteiger partial charge in [0.15, 0.2) is 5.69 Å². The molecule has 0 aliphatic heterocycles. The van der Waals surface area contributed by atoms with Crippen LogP contribution in [-0.2, 0) is 0 Å². The number of thiocarbonyl (C=S) groups is 1. The van der Waals surface area contributed by atoms with Crippen LogP contribution in [0.25, 0.3) is 0 Å². The number of carbonyl (C=O) groups is 1. The highest BCUT2D eigenvalue weighted by atomic mass is 32.1. The van der Waals surface area contributed by atoms with Crippen LogP contribution in [0, 0.1) is 0 Å². The summed E-state index contributed by atoms with van der Waals surface area (Å²) >= 11 is 4.66. The van der Waals surface area contributed by atoms with Crippen molar-refractivity contribution in [2.45, 2.75) is 0 Å². The lowest BCUT2D eigenvalue weighted by Gasteiger charge is -2.13. The first-order chi connectivity index (χ1) is 6.11. The van der Waals surface area contributed by atoms with Crippen LogP contribution in [0.2, 0.25) is 0 Å². The van der Waals surface area contributed by atoms with E-state index in [0.29, 0.717) is 0 Å². The molecule has 1 rings (SSSR count). The molecule has 1 amide bonds. The van der Waals surface area contributed by atoms with Gasteiger partial charge in [-0.15, -0.1) is 0 Å². The van der Waals surface area contributed by atoms with Crippen LogP contribution in [0.4, 0.5) is 0 Å². The number of carbonyl (C=O) groups excluding carboxylic acids is 1. The van der Waals surface area contributed by atoms with Gasteiger partial charge in [-0.25, -0.2) is 0 Å². The molecule has 0 fully saturated rings. The van der Waals surface area contributed by atoms with E-state index in [-0.39, 0.29) is 23.1 Å². The molecule has 0 aliphatic rings. The first-order valence-electron chi connectivity index (χ1n) is 3.55. The Morgan fingerprint density at radius 2 is 2.54 bits per heavy atom. The highest BCUT2D eigenvalue weighted by Gasteiger charge is 2.14. The minimum Gasteiger partial charge on any atom is -0.392 e. The number of aromatic nitrogens is 1. The maximum atomic E-state index is 11.4. The van der Waals surface area contributed by atoms with E-state index >= 15 is 0 Å². The van der Waals surface area contributed by atoms with E-state index < -0.39 is 0 Å². The normalized spacial score (nSPS) is 9.62. The van der Waals surface area contributed by atoms with Crippen LogP contribution in [0.1, 0.15) is 10.5 Å². The summed E-state index contributed by atoms with van der Waals surface area (Å²) in [5, 5.41) is 3.49. The molecule has 5 nitrogen and oxygen atoms in total. The Morgan fingerprint density at radius 3 is 3.00 bits per heavy atom. The van der Waals surface area contributed by atoms with Gasteiger partial charge in [-0.05, 0) is 0 Å². The second kappa shape index (κ2) is 3.99. The first kappa shape index (κ1) is 9.66. The molecule has 1 heterocycles. The van der Waals surface area contributed by atoms with E-state index in [4.69, 9.17) is 5.73 Å². The van der Waals surface area contributed by atoms with Crippen molar-refractivity contribution in [2.75, 3.05) is 13.6 Å². The molecule has 6 heteroatoms. The topological polar surface area (TPSA) is 72.4 Å². The second-order valence-corrected chi connectivity index (χ2v) is 3.04. The minimum atomic E-state index is -0.262. The molecule has 0 radical (unpaired) electrons. The summed E-state index contributed by atoms with van der Waals surface area (Å²) in [5.74, 6) is -0.262. The fourth-order valence-electron chi connectivity index (χ4n) is 0.824. The standard InChI is InChI=1S/C7H9N3O2S/c1-10(4-6(8)13)7(11)5-2-3-12-9-5/h2-3H,4H2,1H3,(H2,8,13). The zero-order valence-electron chi connectivity index (χ0n) is 7.06. The molecule has 1 aromatic heterocycles. The van der Waals surface area contributed by atoms with Crippen LogP contribution in [0.5, 0.6) is 0 Å². The molecule has 0 aromatic carbocycles. The van der Waals surface area contributed by atoms with E-state index in [1.165, 1.54) is 17.2 Å². The van der Waals surface area contributed by atoms with Crippen molar-refractivity contribution < 1.29 is 9.32 Å². The number of nitrogens with two attached hydrogens (primary N) is 1. The zero-order valence-corrected chi connectivity index (χ0v) is 7.87. The molecule has 1 aromatic rings. The van der Waals surface area contributed by atoms with Crippen molar-refractivity contribution in [3.05, 3.63) is 18.0 Å². The average Bonchev–Trinajstić information content (AvgIpc) is 2.53. The van der Waals surface area contributed by atoms with Gasteiger partial charge in [-0.1, -0.05) is 17.4 Å². The predicted molar refractivity (Wildman–Crippen MR) is 50.2 cm³/mol. The maximum Gasteiger partial charge on any atom is 0.276 e. The predicted octanol–water partition coefficient (Wildman–Crippen LogP) is 0.0327.